The Bertz CT molecular complexity index is 1940. The minimum absolute atomic E-state index is 0.348. The molecule has 3 aromatic carbocycles. The van der Waals surface area contributed by atoms with Gasteiger partial charge >= 0.3 is 0 Å². The maximum absolute atomic E-state index is 14.1. The molecule has 2 fully saturated rings. The molecule has 2 saturated carbocycles. The molecular formula is C33H27FN6O. The van der Waals surface area contributed by atoms with Crippen LogP contribution in [-0.2, 0) is 5.54 Å². The van der Waals surface area contributed by atoms with Gasteiger partial charge in [-0.25, -0.2) is 14.4 Å². The molecule has 3 heterocycles. The Morgan fingerprint density at radius 3 is 2.22 bits per heavy atom. The van der Waals surface area contributed by atoms with E-state index in [1.54, 1.807) is 12.1 Å². The Hall–Kier alpha value is -4.53. The van der Waals surface area contributed by atoms with Gasteiger partial charge in [0.2, 0.25) is 0 Å². The van der Waals surface area contributed by atoms with Crippen LogP contribution < -0.4 is 5.73 Å². The second-order valence-corrected chi connectivity index (χ2v) is 11.5. The number of fused-ring (bicyclic) bond motifs is 3. The summed E-state index contributed by atoms with van der Waals surface area (Å²) in [7, 11) is 0. The van der Waals surface area contributed by atoms with Crippen LogP contribution in [0.25, 0.3) is 50.7 Å². The van der Waals surface area contributed by atoms with Crippen molar-refractivity contribution in [3.05, 3.63) is 102 Å². The zero-order valence-corrected chi connectivity index (χ0v) is 22.2. The van der Waals surface area contributed by atoms with E-state index in [0.717, 1.165) is 35.2 Å². The Balaban J connectivity index is 1.27. The molecule has 3 aromatic heterocycles. The average molecular weight is 543 g/mol. The molecule has 0 aliphatic heterocycles. The fourth-order valence-corrected chi connectivity index (χ4v) is 6.41. The van der Waals surface area contributed by atoms with Crippen LogP contribution in [0.15, 0.2) is 91.0 Å². The highest BCUT2D eigenvalue weighted by atomic mass is 19.1. The number of pyridine rings is 1. The standard InChI is InChI=1S/C33H27FN6O/c34-25-8-4-7-22(17-25)30-39-38-27-16-15-26-31(40(27)30)37-29(20-5-2-1-3-6-20)28(36-26)21-9-11-23(12-10-21)32(35)18-33(41,19-32)24-13-14-24/h1-12,15-17,24,41H,13-14,18-19,35H2. The van der Waals surface area contributed by atoms with Gasteiger partial charge in [-0.1, -0.05) is 66.7 Å². The molecule has 0 spiro atoms. The van der Waals surface area contributed by atoms with Gasteiger partial charge in [0.05, 0.1) is 17.0 Å². The summed E-state index contributed by atoms with van der Waals surface area (Å²) in [4.78, 5) is 10.2. The zero-order valence-electron chi connectivity index (χ0n) is 22.2. The monoisotopic (exact) mass is 542 g/mol. The fraction of sp³-hybridized carbons (Fsp3) is 0.212. The normalized spacial score (nSPS) is 22.2. The number of nitrogens with two attached hydrogens (primary N) is 1. The van der Waals surface area contributed by atoms with E-state index in [9.17, 15) is 9.50 Å². The summed E-state index contributed by atoms with van der Waals surface area (Å²) >= 11 is 0. The minimum atomic E-state index is -0.615. The highest BCUT2D eigenvalue weighted by molar-refractivity contribution is 5.87. The zero-order chi connectivity index (χ0) is 27.8. The lowest BCUT2D eigenvalue weighted by Crippen LogP contribution is -2.60. The Morgan fingerprint density at radius 2 is 1.49 bits per heavy atom. The number of hydrogen-bond acceptors (Lipinski definition) is 6. The Kier molecular flexibility index (Phi) is 5.17. The third-order valence-corrected chi connectivity index (χ3v) is 8.64. The van der Waals surface area contributed by atoms with Crippen LogP contribution in [-0.4, -0.2) is 35.3 Å². The summed E-state index contributed by atoms with van der Waals surface area (Å²) in [5.74, 6) is 0.549. The first-order valence-corrected chi connectivity index (χ1v) is 13.9. The average Bonchev–Trinajstić information content (AvgIpc) is 3.75. The molecule has 0 unspecified atom stereocenters. The first kappa shape index (κ1) is 24.3. The molecule has 6 aromatic rings. The summed E-state index contributed by atoms with van der Waals surface area (Å²) in [5, 5.41) is 19.6. The predicted molar refractivity (Wildman–Crippen MR) is 155 cm³/mol. The Morgan fingerprint density at radius 1 is 0.780 bits per heavy atom. The maximum atomic E-state index is 14.1. The van der Waals surface area contributed by atoms with Crippen LogP contribution in [0.1, 0.15) is 31.2 Å². The Labute approximate surface area is 235 Å². The molecule has 3 N–H and O–H groups in total. The number of rotatable bonds is 5. The lowest BCUT2D eigenvalue weighted by atomic mass is 9.60. The van der Waals surface area contributed by atoms with Gasteiger partial charge in [0.1, 0.15) is 11.3 Å². The highest BCUT2D eigenvalue weighted by Gasteiger charge is 2.58. The van der Waals surface area contributed by atoms with Crippen molar-refractivity contribution >= 4 is 16.8 Å². The molecule has 0 atom stereocenters. The van der Waals surface area contributed by atoms with Crippen LogP contribution in [0.3, 0.4) is 0 Å². The number of aliphatic hydroxyl groups is 1. The van der Waals surface area contributed by atoms with Crippen molar-refractivity contribution in [2.24, 2.45) is 11.7 Å². The van der Waals surface area contributed by atoms with Gasteiger partial charge < -0.3 is 10.8 Å². The maximum Gasteiger partial charge on any atom is 0.170 e. The first-order valence-electron chi connectivity index (χ1n) is 13.9. The number of nitrogens with zero attached hydrogens (tertiary/aromatic N) is 5. The van der Waals surface area contributed by atoms with Crippen LogP contribution in [0.2, 0.25) is 0 Å². The predicted octanol–water partition coefficient (Wildman–Crippen LogP) is 5.90. The van der Waals surface area contributed by atoms with Crippen molar-refractivity contribution in [2.75, 3.05) is 0 Å². The summed E-state index contributed by atoms with van der Waals surface area (Å²) < 4.78 is 15.9. The van der Waals surface area contributed by atoms with E-state index in [0.29, 0.717) is 52.7 Å². The third-order valence-electron chi connectivity index (χ3n) is 8.64. The van der Waals surface area contributed by atoms with Gasteiger partial charge in [-0.05, 0) is 61.4 Å². The van der Waals surface area contributed by atoms with Crippen molar-refractivity contribution in [2.45, 2.75) is 36.8 Å². The molecule has 2 aliphatic carbocycles. The molecule has 0 saturated heterocycles. The van der Waals surface area contributed by atoms with E-state index >= 15 is 0 Å². The number of hydrogen-bond donors (Lipinski definition) is 2. The smallest absolute Gasteiger partial charge is 0.170 e. The summed E-state index contributed by atoms with van der Waals surface area (Å²) in [6.45, 7) is 0. The van der Waals surface area contributed by atoms with Crippen molar-refractivity contribution < 1.29 is 9.50 Å². The topological polar surface area (TPSA) is 102 Å². The lowest BCUT2D eigenvalue weighted by molar-refractivity contribution is -0.106. The summed E-state index contributed by atoms with van der Waals surface area (Å²) in [6.07, 6.45) is 3.38. The van der Waals surface area contributed by atoms with Crippen molar-refractivity contribution in [1.29, 1.82) is 0 Å². The molecule has 8 rings (SSSR count). The molecule has 7 nitrogen and oxygen atoms in total. The van der Waals surface area contributed by atoms with Crippen molar-refractivity contribution in [3.8, 4) is 33.9 Å². The van der Waals surface area contributed by atoms with Crippen LogP contribution >= 0.6 is 0 Å². The molecule has 8 heteroatoms. The second kappa shape index (κ2) is 8.73. The molecule has 0 bridgehead atoms. The van der Waals surface area contributed by atoms with E-state index in [-0.39, 0.29) is 5.82 Å². The van der Waals surface area contributed by atoms with Crippen LogP contribution in [0.5, 0.6) is 0 Å². The molecule has 0 radical (unpaired) electrons. The van der Waals surface area contributed by atoms with Gasteiger partial charge in [-0.15, -0.1) is 10.2 Å². The molecule has 41 heavy (non-hydrogen) atoms. The molecule has 2 aliphatic rings. The quantitative estimate of drug-likeness (QED) is 0.281. The van der Waals surface area contributed by atoms with E-state index in [1.165, 1.54) is 12.1 Å². The highest BCUT2D eigenvalue weighted by Crippen LogP contribution is 2.57. The van der Waals surface area contributed by atoms with E-state index in [2.05, 4.69) is 10.2 Å². The van der Waals surface area contributed by atoms with Gasteiger partial charge in [0.25, 0.3) is 0 Å². The van der Waals surface area contributed by atoms with Gasteiger partial charge in [0, 0.05) is 22.2 Å². The van der Waals surface area contributed by atoms with Crippen molar-refractivity contribution in [1.82, 2.24) is 24.6 Å². The SMILES string of the molecule is NC1(c2ccc(-c3nc4ccc5nnc(-c6cccc(F)c6)n5c4nc3-c3ccccc3)cc2)CC(O)(C2CC2)C1. The van der Waals surface area contributed by atoms with E-state index in [1.807, 2.05) is 71.1 Å². The molecular weight excluding hydrogens is 515 g/mol. The number of aromatic nitrogens is 5. The summed E-state index contributed by atoms with van der Waals surface area (Å²) in [5.41, 5.74) is 12.4. The van der Waals surface area contributed by atoms with Crippen LogP contribution in [0.4, 0.5) is 4.39 Å². The van der Waals surface area contributed by atoms with Gasteiger partial charge in [-0.3, -0.25) is 4.40 Å². The summed E-state index contributed by atoms with van der Waals surface area (Å²) in [6, 6.07) is 28.1. The van der Waals surface area contributed by atoms with Crippen molar-refractivity contribution in [3.63, 3.8) is 0 Å². The van der Waals surface area contributed by atoms with Gasteiger partial charge in [0.15, 0.2) is 17.1 Å². The second-order valence-electron chi connectivity index (χ2n) is 11.5. The lowest BCUT2D eigenvalue weighted by Gasteiger charge is -2.52. The fourth-order valence-electron chi connectivity index (χ4n) is 6.41. The molecule has 202 valence electrons. The number of benzene rings is 3. The first-order chi connectivity index (χ1) is 19.9. The minimum Gasteiger partial charge on any atom is -0.389 e. The third kappa shape index (κ3) is 3.94. The van der Waals surface area contributed by atoms with Gasteiger partial charge in [-0.2, -0.15) is 0 Å². The van der Waals surface area contributed by atoms with Crippen LogP contribution in [0, 0.1) is 11.7 Å². The largest absolute Gasteiger partial charge is 0.389 e. The molecule has 0 amide bonds. The van der Waals surface area contributed by atoms with E-state index < -0.39 is 11.1 Å². The van der Waals surface area contributed by atoms with E-state index in [4.69, 9.17) is 15.7 Å². The number of halogens is 1.